The van der Waals surface area contributed by atoms with Gasteiger partial charge in [-0.25, -0.2) is 0 Å². The second-order valence-corrected chi connectivity index (χ2v) is 3.86. The average molecular weight is 257 g/mol. The molecule has 0 amide bonds. The predicted octanol–water partition coefficient (Wildman–Crippen LogP) is 1.04. The Balaban J connectivity index is 4.63. The standard InChI is InChI=1S/C10H18F3NO3/c1-7(9(16)17-3)8(2)14(4-5-15)6-10(11,12)13/h7-8,15H,4-6H2,1-3H3. The zero-order valence-electron chi connectivity index (χ0n) is 10.1. The van der Waals surface area contributed by atoms with Gasteiger partial charge in [-0.1, -0.05) is 6.92 Å². The Hall–Kier alpha value is -0.820. The number of hydrogen-bond acceptors (Lipinski definition) is 4. The van der Waals surface area contributed by atoms with E-state index in [0.29, 0.717) is 0 Å². The number of esters is 1. The summed E-state index contributed by atoms with van der Waals surface area (Å²) in [7, 11) is 1.19. The molecule has 102 valence electrons. The minimum atomic E-state index is -4.36. The molecular formula is C10H18F3NO3. The number of nitrogens with zero attached hydrogens (tertiary/aromatic N) is 1. The largest absolute Gasteiger partial charge is 0.469 e. The molecule has 0 aromatic heterocycles. The normalized spacial score (nSPS) is 15.8. The van der Waals surface area contributed by atoms with Crippen LogP contribution in [0, 0.1) is 5.92 Å². The Bertz CT molecular complexity index is 245. The minimum absolute atomic E-state index is 0.137. The molecule has 0 aliphatic rings. The summed E-state index contributed by atoms with van der Waals surface area (Å²) in [6, 6.07) is -0.656. The van der Waals surface area contributed by atoms with Crippen molar-refractivity contribution >= 4 is 5.97 Å². The summed E-state index contributed by atoms with van der Waals surface area (Å²) in [5.74, 6) is -1.25. The van der Waals surface area contributed by atoms with Crippen molar-refractivity contribution in [2.75, 3.05) is 26.8 Å². The predicted molar refractivity (Wildman–Crippen MR) is 55.4 cm³/mol. The Morgan fingerprint density at radius 2 is 1.94 bits per heavy atom. The van der Waals surface area contributed by atoms with E-state index in [0.717, 1.165) is 4.90 Å². The number of methoxy groups -OCH3 is 1. The number of aliphatic hydroxyl groups excluding tert-OH is 1. The molecule has 0 aromatic rings. The maximum absolute atomic E-state index is 12.3. The maximum Gasteiger partial charge on any atom is 0.401 e. The van der Waals surface area contributed by atoms with Crippen molar-refractivity contribution in [2.45, 2.75) is 26.1 Å². The van der Waals surface area contributed by atoms with Gasteiger partial charge in [-0.15, -0.1) is 0 Å². The Morgan fingerprint density at radius 1 is 1.41 bits per heavy atom. The second-order valence-electron chi connectivity index (χ2n) is 3.86. The number of aliphatic hydroxyl groups is 1. The average Bonchev–Trinajstić information content (AvgIpc) is 2.23. The summed E-state index contributed by atoms with van der Waals surface area (Å²) in [4.78, 5) is 12.3. The molecule has 17 heavy (non-hydrogen) atoms. The lowest BCUT2D eigenvalue weighted by Crippen LogP contribution is -2.46. The van der Waals surface area contributed by atoms with Crippen molar-refractivity contribution in [1.29, 1.82) is 0 Å². The molecule has 0 fully saturated rings. The van der Waals surface area contributed by atoms with E-state index in [1.807, 2.05) is 0 Å². The fourth-order valence-corrected chi connectivity index (χ4v) is 1.48. The Kier molecular flexibility index (Phi) is 6.48. The molecule has 4 nitrogen and oxygen atoms in total. The van der Waals surface area contributed by atoms with Crippen LogP contribution in [0.2, 0.25) is 0 Å². The van der Waals surface area contributed by atoms with Crippen LogP contribution >= 0.6 is 0 Å². The monoisotopic (exact) mass is 257 g/mol. The van der Waals surface area contributed by atoms with E-state index in [1.54, 1.807) is 0 Å². The SMILES string of the molecule is COC(=O)C(C)C(C)N(CCO)CC(F)(F)F. The fourth-order valence-electron chi connectivity index (χ4n) is 1.48. The van der Waals surface area contributed by atoms with Crippen molar-refractivity contribution in [1.82, 2.24) is 4.90 Å². The lowest BCUT2D eigenvalue weighted by Gasteiger charge is -2.31. The highest BCUT2D eigenvalue weighted by atomic mass is 19.4. The number of rotatable bonds is 6. The molecular weight excluding hydrogens is 239 g/mol. The Morgan fingerprint density at radius 3 is 2.29 bits per heavy atom. The molecule has 0 bridgehead atoms. The van der Waals surface area contributed by atoms with Crippen LogP contribution in [0.15, 0.2) is 0 Å². The van der Waals surface area contributed by atoms with E-state index >= 15 is 0 Å². The van der Waals surface area contributed by atoms with E-state index < -0.39 is 37.3 Å². The van der Waals surface area contributed by atoms with Crippen LogP contribution in [0.3, 0.4) is 0 Å². The first-order valence-corrected chi connectivity index (χ1v) is 5.22. The molecule has 0 saturated carbocycles. The van der Waals surface area contributed by atoms with Crippen LogP contribution in [-0.2, 0) is 9.53 Å². The first-order chi connectivity index (χ1) is 7.72. The van der Waals surface area contributed by atoms with Gasteiger partial charge in [0.1, 0.15) is 0 Å². The molecule has 0 spiro atoms. The van der Waals surface area contributed by atoms with Crippen molar-refractivity contribution < 1.29 is 27.8 Å². The molecule has 0 saturated heterocycles. The number of alkyl halides is 3. The van der Waals surface area contributed by atoms with Gasteiger partial charge < -0.3 is 9.84 Å². The quantitative estimate of drug-likeness (QED) is 0.722. The van der Waals surface area contributed by atoms with Crippen LogP contribution in [0.25, 0.3) is 0 Å². The molecule has 0 aromatic carbocycles. The van der Waals surface area contributed by atoms with Gasteiger partial charge in [0.15, 0.2) is 0 Å². The van der Waals surface area contributed by atoms with Gasteiger partial charge in [0.2, 0.25) is 0 Å². The third-order valence-corrected chi connectivity index (χ3v) is 2.64. The summed E-state index contributed by atoms with van der Waals surface area (Å²) < 4.78 is 41.4. The van der Waals surface area contributed by atoms with Gasteiger partial charge in [0.05, 0.1) is 26.2 Å². The molecule has 7 heteroatoms. The highest BCUT2D eigenvalue weighted by Gasteiger charge is 2.35. The van der Waals surface area contributed by atoms with E-state index in [-0.39, 0.29) is 6.54 Å². The summed E-state index contributed by atoms with van der Waals surface area (Å²) in [6.45, 7) is 1.31. The molecule has 2 unspecified atom stereocenters. The van der Waals surface area contributed by atoms with Gasteiger partial charge in [-0.2, -0.15) is 13.2 Å². The van der Waals surface area contributed by atoms with Crippen LogP contribution < -0.4 is 0 Å². The number of carbonyl (C=O) groups is 1. The molecule has 1 N–H and O–H groups in total. The highest BCUT2D eigenvalue weighted by molar-refractivity contribution is 5.72. The van der Waals surface area contributed by atoms with Gasteiger partial charge >= 0.3 is 12.1 Å². The molecule has 0 heterocycles. The van der Waals surface area contributed by atoms with Gasteiger partial charge in [0, 0.05) is 12.6 Å². The number of ether oxygens (including phenoxy) is 1. The topological polar surface area (TPSA) is 49.8 Å². The first kappa shape index (κ1) is 16.2. The van der Waals surface area contributed by atoms with Gasteiger partial charge in [-0.3, -0.25) is 9.69 Å². The summed E-state index contributed by atoms with van der Waals surface area (Å²) in [5, 5.41) is 8.73. The smallest absolute Gasteiger partial charge is 0.401 e. The maximum atomic E-state index is 12.3. The summed E-state index contributed by atoms with van der Waals surface area (Å²) >= 11 is 0. The third kappa shape index (κ3) is 5.88. The van der Waals surface area contributed by atoms with Crippen molar-refractivity contribution in [3.63, 3.8) is 0 Å². The van der Waals surface area contributed by atoms with Crippen LogP contribution in [0.4, 0.5) is 13.2 Å². The Labute approximate surface area is 98.3 Å². The van der Waals surface area contributed by atoms with E-state index in [4.69, 9.17) is 5.11 Å². The summed E-state index contributed by atoms with van der Waals surface area (Å²) in [5.41, 5.74) is 0. The lowest BCUT2D eigenvalue weighted by molar-refractivity contribution is -0.161. The zero-order valence-corrected chi connectivity index (χ0v) is 10.1. The molecule has 2 atom stereocenters. The fraction of sp³-hybridized carbons (Fsp3) is 0.900. The number of carbonyl (C=O) groups excluding carboxylic acids is 1. The minimum Gasteiger partial charge on any atom is -0.469 e. The number of hydrogen-bond donors (Lipinski definition) is 1. The van der Waals surface area contributed by atoms with E-state index in [1.165, 1.54) is 21.0 Å². The summed E-state index contributed by atoms with van der Waals surface area (Å²) in [6.07, 6.45) is -4.36. The highest BCUT2D eigenvalue weighted by Crippen LogP contribution is 2.20. The first-order valence-electron chi connectivity index (χ1n) is 5.22. The molecule has 0 radical (unpaired) electrons. The van der Waals surface area contributed by atoms with E-state index in [2.05, 4.69) is 4.74 Å². The van der Waals surface area contributed by atoms with Gasteiger partial charge in [-0.05, 0) is 6.92 Å². The number of halogens is 3. The molecule has 0 aliphatic carbocycles. The zero-order chi connectivity index (χ0) is 13.6. The molecule has 0 rings (SSSR count). The van der Waals surface area contributed by atoms with Crippen molar-refractivity contribution in [3.8, 4) is 0 Å². The van der Waals surface area contributed by atoms with Crippen molar-refractivity contribution in [3.05, 3.63) is 0 Å². The third-order valence-electron chi connectivity index (χ3n) is 2.64. The lowest BCUT2D eigenvalue weighted by atomic mass is 10.0. The van der Waals surface area contributed by atoms with Crippen molar-refractivity contribution in [2.24, 2.45) is 5.92 Å². The van der Waals surface area contributed by atoms with Gasteiger partial charge in [0.25, 0.3) is 0 Å². The second kappa shape index (κ2) is 6.80. The van der Waals surface area contributed by atoms with Crippen LogP contribution in [0.5, 0.6) is 0 Å². The van der Waals surface area contributed by atoms with Crippen LogP contribution in [0.1, 0.15) is 13.8 Å². The molecule has 0 aliphatic heterocycles. The van der Waals surface area contributed by atoms with E-state index in [9.17, 15) is 18.0 Å². The van der Waals surface area contributed by atoms with Crippen LogP contribution in [-0.4, -0.2) is 55.0 Å².